The van der Waals surface area contributed by atoms with Crippen LogP contribution in [0, 0.1) is 6.92 Å². The van der Waals surface area contributed by atoms with Gasteiger partial charge in [0.1, 0.15) is 0 Å². The van der Waals surface area contributed by atoms with Crippen LogP contribution in [-0.2, 0) is 0 Å². The van der Waals surface area contributed by atoms with Crippen molar-refractivity contribution in [2.75, 3.05) is 23.7 Å². The first-order chi connectivity index (χ1) is 7.98. The summed E-state index contributed by atoms with van der Waals surface area (Å²) in [5.74, 6) is 0.855. The van der Waals surface area contributed by atoms with Crippen LogP contribution in [0.2, 0.25) is 0 Å². The Morgan fingerprint density at radius 3 is 2.88 bits per heavy atom. The molecule has 1 aromatic rings. The number of rotatable bonds is 1. The SMILES string of the molecule is Cc1cnc(N2CCCC(C)(O)CC2)c(N)c1. The predicted octanol–water partition coefficient (Wildman–Crippen LogP) is 1.71. The zero-order chi connectivity index (χ0) is 12.5. The van der Waals surface area contributed by atoms with Crippen molar-refractivity contribution in [1.82, 2.24) is 4.98 Å². The molecule has 4 heteroatoms. The smallest absolute Gasteiger partial charge is 0.151 e. The molecule has 94 valence electrons. The maximum Gasteiger partial charge on any atom is 0.151 e. The zero-order valence-electron chi connectivity index (χ0n) is 10.6. The Hall–Kier alpha value is -1.29. The van der Waals surface area contributed by atoms with Crippen molar-refractivity contribution in [3.63, 3.8) is 0 Å². The molecule has 2 rings (SSSR count). The molecule has 1 aliphatic rings. The molecule has 3 N–H and O–H groups in total. The summed E-state index contributed by atoms with van der Waals surface area (Å²) in [4.78, 5) is 6.59. The number of nitrogen functional groups attached to an aromatic ring is 1. The van der Waals surface area contributed by atoms with Gasteiger partial charge in [-0.3, -0.25) is 0 Å². The highest BCUT2D eigenvalue weighted by Gasteiger charge is 2.26. The molecular formula is C13H21N3O. The maximum absolute atomic E-state index is 10.1. The van der Waals surface area contributed by atoms with Crippen LogP contribution < -0.4 is 10.6 Å². The highest BCUT2D eigenvalue weighted by Crippen LogP contribution is 2.27. The Kier molecular flexibility index (Phi) is 3.24. The number of nitrogens with zero attached hydrogens (tertiary/aromatic N) is 2. The normalized spacial score (nSPS) is 25.7. The predicted molar refractivity (Wildman–Crippen MR) is 70.1 cm³/mol. The Morgan fingerprint density at radius 2 is 2.18 bits per heavy atom. The molecule has 1 atom stereocenters. The van der Waals surface area contributed by atoms with Gasteiger partial charge in [-0.25, -0.2) is 4.98 Å². The molecule has 0 bridgehead atoms. The number of hydrogen-bond donors (Lipinski definition) is 2. The number of aromatic nitrogens is 1. The molecule has 1 saturated heterocycles. The van der Waals surface area contributed by atoms with Crippen LogP contribution in [0.5, 0.6) is 0 Å². The molecule has 2 heterocycles. The molecule has 1 aliphatic heterocycles. The first-order valence-electron chi connectivity index (χ1n) is 6.17. The summed E-state index contributed by atoms with van der Waals surface area (Å²) in [5, 5.41) is 10.1. The average molecular weight is 235 g/mol. The average Bonchev–Trinajstić information content (AvgIpc) is 2.40. The van der Waals surface area contributed by atoms with E-state index >= 15 is 0 Å². The lowest BCUT2D eigenvalue weighted by Crippen LogP contribution is -2.29. The van der Waals surface area contributed by atoms with Gasteiger partial charge in [-0.2, -0.15) is 0 Å². The van der Waals surface area contributed by atoms with E-state index in [2.05, 4.69) is 9.88 Å². The van der Waals surface area contributed by atoms with Gasteiger partial charge in [0.15, 0.2) is 5.82 Å². The third-order valence-corrected chi connectivity index (χ3v) is 3.40. The van der Waals surface area contributed by atoms with Crippen LogP contribution in [0.3, 0.4) is 0 Å². The second kappa shape index (κ2) is 4.53. The van der Waals surface area contributed by atoms with Crippen molar-refractivity contribution < 1.29 is 5.11 Å². The van der Waals surface area contributed by atoms with E-state index in [4.69, 9.17) is 5.73 Å². The molecule has 1 aromatic heterocycles. The van der Waals surface area contributed by atoms with Crippen LogP contribution >= 0.6 is 0 Å². The third kappa shape index (κ3) is 2.88. The van der Waals surface area contributed by atoms with Crippen molar-refractivity contribution in [3.05, 3.63) is 17.8 Å². The summed E-state index contributed by atoms with van der Waals surface area (Å²) in [7, 11) is 0. The Morgan fingerprint density at radius 1 is 1.41 bits per heavy atom. The van der Waals surface area contributed by atoms with E-state index in [1.54, 1.807) is 0 Å². The van der Waals surface area contributed by atoms with E-state index < -0.39 is 5.60 Å². The lowest BCUT2D eigenvalue weighted by molar-refractivity contribution is 0.0481. The van der Waals surface area contributed by atoms with E-state index in [1.165, 1.54) is 0 Å². The monoisotopic (exact) mass is 235 g/mol. The van der Waals surface area contributed by atoms with Crippen LogP contribution in [0.15, 0.2) is 12.3 Å². The fourth-order valence-corrected chi connectivity index (χ4v) is 2.32. The van der Waals surface area contributed by atoms with Crippen molar-refractivity contribution in [2.45, 2.75) is 38.7 Å². The molecule has 17 heavy (non-hydrogen) atoms. The Labute approximate surface area is 102 Å². The van der Waals surface area contributed by atoms with E-state index in [-0.39, 0.29) is 0 Å². The highest BCUT2D eigenvalue weighted by molar-refractivity contribution is 5.63. The summed E-state index contributed by atoms with van der Waals surface area (Å²) in [6.07, 6.45) is 4.42. The van der Waals surface area contributed by atoms with Gasteiger partial charge in [0, 0.05) is 19.3 Å². The summed E-state index contributed by atoms with van der Waals surface area (Å²) in [6.45, 7) is 5.62. The standard InChI is InChI=1S/C13H21N3O/c1-10-8-11(14)12(15-9-10)16-6-3-4-13(2,17)5-7-16/h8-9,17H,3-7,14H2,1-2H3. The molecule has 0 amide bonds. The van der Waals surface area contributed by atoms with Gasteiger partial charge < -0.3 is 15.7 Å². The van der Waals surface area contributed by atoms with Gasteiger partial charge in [-0.15, -0.1) is 0 Å². The van der Waals surface area contributed by atoms with Gasteiger partial charge in [0.25, 0.3) is 0 Å². The van der Waals surface area contributed by atoms with Gasteiger partial charge in [0.2, 0.25) is 0 Å². The van der Waals surface area contributed by atoms with Gasteiger partial charge in [-0.05, 0) is 44.7 Å². The van der Waals surface area contributed by atoms with Crippen LogP contribution in [0.4, 0.5) is 11.5 Å². The second-order valence-electron chi connectivity index (χ2n) is 5.26. The summed E-state index contributed by atoms with van der Waals surface area (Å²) in [5.41, 5.74) is 7.26. The third-order valence-electron chi connectivity index (χ3n) is 3.40. The van der Waals surface area contributed by atoms with Crippen molar-refractivity contribution in [2.24, 2.45) is 0 Å². The minimum absolute atomic E-state index is 0.547. The van der Waals surface area contributed by atoms with Crippen molar-refractivity contribution in [3.8, 4) is 0 Å². The van der Waals surface area contributed by atoms with Crippen LogP contribution in [0.25, 0.3) is 0 Å². The lowest BCUT2D eigenvalue weighted by Gasteiger charge is -2.24. The van der Waals surface area contributed by atoms with Crippen molar-refractivity contribution in [1.29, 1.82) is 0 Å². The highest BCUT2D eigenvalue weighted by atomic mass is 16.3. The first kappa shape index (κ1) is 12.2. The topological polar surface area (TPSA) is 62.4 Å². The molecule has 0 spiro atoms. The van der Waals surface area contributed by atoms with E-state index in [0.29, 0.717) is 0 Å². The quantitative estimate of drug-likeness (QED) is 0.778. The van der Waals surface area contributed by atoms with Gasteiger partial charge >= 0.3 is 0 Å². The van der Waals surface area contributed by atoms with E-state index in [0.717, 1.165) is 49.4 Å². The fourth-order valence-electron chi connectivity index (χ4n) is 2.32. The second-order valence-corrected chi connectivity index (χ2v) is 5.26. The van der Waals surface area contributed by atoms with Gasteiger partial charge in [-0.1, -0.05) is 0 Å². The van der Waals surface area contributed by atoms with Crippen LogP contribution in [0.1, 0.15) is 31.7 Å². The molecule has 0 radical (unpaired) electrons. The zero-order valence-corrected chi connectivity index (χ0v) is 10.6. The minimum Gasteiger partial charge on any atom is -0.396 e. The van der Waals surface area contributed by atoms with Gasteiger partial charge in [0.05, 0.1) is 11.3 Å². The summed E-state index contributed by atoms with van der Waals surface area (Å²) >= 11 is 0. The number of aliphatic hydroxyl groups is 1. The molecule has 0 aliphatic carbocycles. The largest absolute Gasteiger partial charge is 0.396 e. The summed E-state index contributed by atoms with van der Waals surface area (Å²) in [6, 6.07) is 1.95. The molecular weight excluding hydrogens is 214 g/mol. The molecule has 4 nitrogen and oxygen atoms in total. The van der Waals surface area contributed by atoms with E-state index in [9.17, 15) is 5.11 Å². The van der Waals surface area contributed by atoms with E-state index in [1.807, 2.05) is 26.1 Å². The number of pyridine rings is 1. The molecule has 1 unspecified atom stereocenters. The Balaban J connectivity index is 2.17. The molecule has 0 saturated carbocycles. The number of anilines is 2. The molecule has 1 fully saturated rings. The lowest BCUT2D eigenvalue weighted by atomic mass is 9.98. The van der Waals surface area contributed by atoms with Crippen LogP contribution in [-0.4, -0.2) is 28.8 Å². The Bertz CT molecular complexity index is 404. The number of hydrogen-bond acceptors (Lipinski definition) is 4. The number of nitrogens with two attached hydrogens (primary N) is 1. The fraction of sp³-hybridized carbons (Fsp3) is 0.615. The first-order valence-corrected chi connectivity index (χ1v) is 6.17. The molecule has 0 aromatic carbocycles. The number of aryl methyl sites for hydroxylation is 1. The maximum atomic E-state index is 10.1. The summed E-state index contributed by atoms with van der Waals surface area (Å²) < 4.78 is 0. The van der Waals surface area contributed by atoms with Crippen molar-refractivity contribution >= 4 is 11.5 Å². The minimum atomic E-state index is -0.547.